The smallest absolute Gasteiger partial charge is 0.230 e. The number of halogens is 2. The maximum Gasteiger partial charge on any atom is 0.230 e. The molecule has 0 spiro atoms. The number of dihydropyridines is 1. The molecule has 5 unspecified atom stereocenters. The summed E-state index contributed by atoms with van der Waals surface area (Å²) in [5.41, 5.74) is 15.5. The van der Waals surface area contributed by atoms with Crippen LogP contribution in [0, 0.1) is 23.5 Å². The summed E-state index contributed by atoms with van der Waals surface area (Å²) in [6, 6.07) is 2.52. The average Bonchev–Trinajstić information content (AvgIpc) is 3.55. The predicted molar refractivity (Wildman–Crippen MR) is 153 cm³/mol. The molecule has 2 aliphatic heterocycles. The minimum atomic E-state index is -0.777. The monoisotopic (exact) mass is 553 g/mol. The van der Waals surface area contributed by atoms with Gasteiger partial charge in [0.15, 0.2) is 0 Å². The summed E-state index contributed by atoms with van der Waals surface area (Å²) in [5, 5.41) is 3.12. The number of hydrogen-bond donors (Lipinski definition) is 3. The molecule has 2 fully saturated rings. The number of allylic oxidation sites excluding steroid dienone is 3. The number of nitrogens with two attached hydrogens (primary N) is 2. The van der Waals surface area contributed by atoms with Crippen molar-refractivity contribution in [2.24, 2.45) is 28.3 Å². The number of aliphatic imine (C=N–C) groups is 1. The zero-order chi connectivity index (χ0) is 28.4. The van der Waals surface area contributed by atoms with Gasteiger partial charge in [0.05, 0.1) is 24.7 Å². The summed E-state index contributed by atoms with van der Waals surface area (Å²) < 4.78 is 36.3. The van der Waals surface area contributed by atoms with Crippen LogP contribution in [0.4, 0.5) is 8.78 Å². The van der Waals surface area contributed by atoms with Gasteiger partial charge in [-0.2, -0.15) is 0 Å². The van der Waals surface area contributed by atoms with E-state index in [9.17, 15) is 4.79 Å². The number of ether oxygens (including phenoxy) is 1. The van der Waals surface area contributed by atoms with Gasteiger partial charge in [0.25, 0.3) is 0 Å². The summed E-state index contributed by atoms with van der Waals surface area (Å²) in [5.74, 6) is -1.71. The molecule has 0 aromatic heterocycles. The fourth-order valence-electron chi connectivity index (χ4n) is 6.03. The Balaban J connectivity index is 1.23. The van der Waals surface area contributed by atoms with Gasteiger partial charge in [0.2, 0.25) is 5.91 Å². The van der Waals surface area contributed by atoms with E-state index in [0.29, 0.717) is 30.2 Å². The molecule has 2 heterocycles. The number of amides is 1. The van der Waals surface area contributed by atoms with E-state index in [1.807, 2.05) is 4.90 Å². The van der Waals surface area contributed by atoms with Crippen molar-refractivity contribution in [3.63, 3.8) is 0 Å². The van der Waals surface area contributed by atoms with Crippen LogP contribution in [0.5, 0.6) is 0 Å². The lowest BCUT2D eigenvalue weighted by Crippen LogP contribution is -2.48. The minimum absolute atomic E-state index is 0.0219. The Kier molecular flexibility index (Phi) is 8.95. The Hall–Kier alpha value is -2.72. The third-order valence-corrected chi connectivity index (χ3v) is 8.75. The molecule has 216 valence electrons. The third kappa shape index (κ3) is 6.60. The normalized spacial score (nSPS) is 30.7. The Morgan fingerprint density at radius 2 is 1.98 bits per heavy atom. The quantitative estimate of drug-likeness (QED) is 0.454. The highest BCUT2D eigenvalue weighted by Gasteiger charge is 2.34. The van der Waals surface area contributed by atoms with E-state index >= 15 is 8.78 Å². The fraction of sp³-hybridized carbons (Fsp3) is 0.548. The van der Waals surface area contributed by atoms with Crippen molar-refractivity contribution in [2.75, 3.05) is 19.7 Å². The van der Waals surface area contributed by atoms with Crippen LogP contribution in [-0.4, -0.2) is 61.1 Å². The van der Waals surface area contributed by atoms with E-state index in [1.54, 1.807) is 6.08 Å². The van der Waals surface area contributed by atoms with Gasteiger partial charge in [0, 0.05) is 37.5 Å². The largest absolute Gasteiger partial charge is 0.371 e. The van der Waals surface area contributed by atoms with Crippen molar-refractivity contribution in [3.8, 4) is 0 Å². The Morgan fingerprint density at radius 3 is 2.67 bits per heavy atom. The van der Waals surface area contributed by atoms with Crippen molar-refractivity contribution in [1.82, 2.24) is 10.2 Å². The lowest BCUT2D eigenvalue weighted by Gasteiger charge is -2.27. The van der Waals surface area contributed by atoms with Crippen LogP contribution in [0.15, 0.2) is 46.5 Å². The van der Waals surface area contributed by atoms with E-state index in [2.05, 4.69) is 36.3 Å². The molecule has 9 heteroatoms. The van der Waals surface area contributed by atoms with Gasteiger partial charge >= 0.3 is 0 Å². The molecule has 6 atom stereocenters. The molecule has 4 aliphatic rings. The first-order chi connectivity index (χ1) is 19.2. The number of rotatable bonds is 8. The van der Waals surface area contributed by atoms with Gasteiger partial charge in [-0.3, -0.25) is 14.7 Å². The lowest BCUT2D eigenvalue weighted by atomic mass is 9.91. The van der Waals surface area contributed by atoms with Crippen LogP contribution in [0.25, 0.3) is 5.57 Å². The summed E-state index contributed by atoms with van der Waals surface area (Å²) in [6.45, 7) is 6.40. The molecular formula is C31H41F2N5O2. The molecule has 5 N–H and O–H groups in total. The molecular weight excluding hydrogens is 512 g/mol. The van der Waals surface area contributed by atoms with Gasteiger partial charge in [-0.15, -0.1) is 0 Å². The Morgan fingerprint density at radius 1 is 1.20 bits per heavy atom. The Labute approximate surface area is 235 Å². The van der Waals surface area contributed by atoms with Crippen LogP contribution < -0.4 is 16.8 Å². The SMILES string of the molecule is CC1=CC(COC2CCC[C@@H]2NC(=O)C2C=C(c3cc(F)c(CN4CCC(N)C4)c(F)c3)C=NC2N)=CCC1C. The van der Waals surface area contributed by atoms with Crippen LogP contribution in [0.3, 0.4) is 0 Å². The average molecular weight is 554 g/mol. The van der Waals surface area contributed by atoms with Crippen LogP contribution in [0.1, 0.15) is 57.1 Å². The van der Waals surface area contributed by atoms with E-state index < -0.39 is 23.7 Å². The number of hydrogen-bond acceptors (Lipinski definition) is 6. The van der Waals surface area contributed by atoms with E-state index in [1.165, 1.54) is 29.5 Å². The van der Waals surface area contributed by atoms with Crippen LogP contribution >= 0.6 is 0 Å². The van der Waals surface area contributed by atoms with E-state index in [0.717, 1.165) is 38.6 Å². The van der Waals surface area contributed by atoms with Crippen molar-refractivity contribution in [3.05, 3.63) is 64.3 Å². The maximum atomic E-state index is 15.0. The predicted octanol–water partition coefficient (Wildman–Crippen LogP) is 3.83. The van der Waals surface area contributed by atoms with Gasteiger partial charge < -0.3 is 21.5 Å². The van der Waals surface area contributed by atoms with Crippen molar-refractivity contribution < 1.29 is 18.3 Å². The maximum absolute atomic E-state index is 15.0. The molecule has 1 aromatic carbocycles. The van der Waals surface area contributed by atoms with Crippen molar-refractivity contribution in [2.45, 2.75) is 76.8 Å². The highest BCUT2D eigenvalue weighted by Crippen LogP contribution is 2.29. The number of benzene rings is 1. The first-order valence-corrected chi connectivity index (χ1v) is 14.4. The number of carbonyl (C=O) groups excluding carboxylic acids is 1. The number of nitrogens with one attached hydrogen (secondary N) is 1. The van der Waals surface area contributed by atoms with Crippen molar-refractivity contribution >= 4 is 17.7 Å². The molecule has 1 saturated heterocycles. The molecule has 1 saturated carbocycles. The second-order valence-electron chi connectivity index (χ2n) is 11.8. The molecule has 5 rings (SSSR count). The van der Waals surface area contributed by atoms with Crippen molar-refractivity contribution in [1.29, 1.82) is 0 Å². The molecule has 1 aromatic rings. The fourth-order valence-corrected chi connectivity index (χ4v) is 6.03. The molecule has 1 amide bonds. The summed E-state index contributed by atoms with van der Waals surface area (Å²) in [4.78, 5) is 19.6. The lowest BCUT2D eigenvalue weighted by molar-refractivity contribution is -0.125. The minimum Gasteiger partial charge on any atom is -0.371 e. The molecule has 0 bridgehead atoms. The van der Waals surface area contributed by atoms with Crippen LogP contribution in [-0.2, 0) is 16.1 Å². The third-order valence-electron chi connectivity index (χ3n) is 8.75. The van der Waals surface area contributed by atoms with Gasteiger partial charge in [0.1, 0.15) is 17.8 Å². The zero-order valence-corrected chi connectivity index (χ0v) is 23.4. The number of likely N-dealkylation sites (tertiary alicyclic amines) is 1. The first kappa shape index (κ1) is 28.8. The topological polar surface area (TPSA) is 106 Å². The number of nitrogens with zero attached hydrogens (tertiary/aromatic N) is 2. The second-order valence-corrected chi connectivity index (χ2v) is 11.8. The number of carbonyl (C=O) groups is 1. The Bertz CT molecular complexity index is 1220. The van der Waals surface area contributed by atoms with Crippen LogP contribution in [0.2, 0.25) is 0 Å². The summed E-state index contributed by atoms with van der Waals surface area (Å²) in [7, 11) is 0. The van der Waals surface area contributed by atoms with Gasteiger partial charge in [-0.05, 0) is 73.8 Å². The van der Waals surface area contributed by atoms with Gasteiger partial charge in [-0.25, -0.2) is 8.78 Å². The summed E-state index contributed by atoms with van der Waals surface area (Å²) in [6.07, 6.45) is 11.2. The highest BCUT2D eigenvalue weighted by atomic mass is 19.1. The molecule has 7 nitrogen and oxygen atoms in total. The van der Waals surface area contributed by atoms with E-state index in [4.69, 9.17) is 16.2 Å². The highest BCUT2D eigenvalue weighted by molar-refractivity contribution is 6.11. The first-order valence-electron chi connectivity index (χ1n) is 14.4. The molecule has 0 radical (unpaired) electrons. The standard InChI is InChI=1S/C31H41F2N5O2/c1-18-6-7-20(10-19(18)2)17-40-29-5-3-4-28(29)37-31(39)24-11-22(14-36-30(24)35)21-12-26(32)25(27(33)13-21)16-38-9-8-23(34)15-38/h7,10-14,18,23-24,28-30H,3-6,8-9,15-17,34-35H2,1-2H3,(H,37,39)/t18?,23?,24?,28-,29?,30?/m0/s1. The summed E-state index contributed by atoms with van der Waals surface area (Å²) >= 11 is 0. The van der Waals surface area contributed by atoms with Gasteiger partial charge in [-0.1, -0.05) is 30.7 Å². The molecule has 40 heavy (non-hydrogen) atoms. The second kappa shape index (κ2) is 12.4. The zero-order valence-electron chi connectivity index (χ0n) is 23.4. The molecule has 2 aliphatic carbocycles. The van der Waals surface area contributed by atoms with E-state index in [-0.39, 0.29) is 36.2 Å².